The Morgan fingerprint density at radius 2 is 1.87 bits per heavy atom. The van der Waals surface area contributed by atoms with E-state index in [2.05, 4.69) is 33.9 Å². The predicted octanol–water partition coefficient (Wildman–Crippen LogP) is 1.80. The van der Waals surface area contributed by atoms with Gasteiger partial charge in [-0.25, -0.2) is 0 Å². The molecule has 3 aromatic rings. The van der Waals surface area contributed by atoms with Crippen molar-refractivity contribution in [3.05, 3.63) is 36.5 Å². The minimum absolute atomic E-state index is 0.187. The van der Waals surface area contributed by atoms with Gasteiger partial charge in [0, 0.05) is 19.3 Å². The van der Waals surface area contributed by atoms with Crippen LogP contribution >= 0.6 is 0 Å². The first-order valence-electron chi connectivity index (χ1n) is 7.75. The second kappa shape index (κ2) is 5.58. The molecule has 0 unspecified atom stereocenters. The lowest BCUT2D eigenvalue weighted by Gasteiger charge is -2.35. The van der Waals surface area contributed by atoms with Crippen LogP contribution in [0.3, 0.4) is 0 Å². The highest BCUT2D eigenvalue weighted by molar-refractivity contribution is 5.56. The maximum atomic E-state index is 5.79. The van der Waals surface area contributed by atoms with E-state index >= 15 is 0 Å². The smallest absolute Gasteiger partial charge is 0.203 e. The van der Waals surface area contributed by atoms with Crippen molar-refractivity contribution in [1.29, 1.82) is 0 Å². The minimum Gasteiger partial charge on any atom is -0.372 e. The third kappa shape index (κ3) is 2.63. The van der Waals surface area contributed by atoms with E-state index < -0.39 is 0 Å². The summed E-state index contributed by atoms with van der Waals surface area (Å²) in [5.74, 6) is 1.55. The monoisotopic (exact) mass is 310 g/mol. The number of hydrogen-bond donors (Lipinski definition) is 0. The van der Waals surface area contributed by atoms with Gasteiger partial charge < -0.3 is 9.64 Å². The fraction of sp³-hybridized carbons (Fsp3) is 0.375. The van der Waals surface area contributed by atoms with Crippen LogP contribution in [0.1, 0.15) is 13.8 Å². The Bertz CT molecular complexity index is 808. The molecule has 23 heavy (non-hydrogen) atoms. The van der Waals surface area contributed by atoms with Gasteiger partial charge in [0.25, 0.3) is 0 Å². The molecule has 0 spiro atoms. The lowest BCUT2D eigenvalue weighted by molar-refractivity contribution is -0.00551. The Labute approximate surface area is 133 Å². The molecule has 0 aromatic carbocycles. The molecule has 2 atom stereocenters. The Morgan fingerprint density at radius 1 is 1.04 bits per heavy atom. The number of anilines is 1. The van der Waals surface area contributed by atoms with E-state index in [1.807, 2.05) is 30.3 Å². The van der Waals surface area contributed by atoms with Crippen LogP contribution < -0.4 is 4.90 Å². The Morgan fingerprint density at radius 3 is 2.61 bits per heavy atom. The third-order valence-electron chi connectivity index (χ3n) is 3.89. The first kappa shape index (κ1) is 14.1. The number of nitrogens with zero attached hydrogens (tertiary/aromatic N) is 6. The number of rotatable bonds is 2. The van der Waals surface area contributed by atoms with Crippen LogP contribution in [0.25, 0.3) is 17.2 Å². The summed E-state index contributed by atoms with van der Waals surface area (Å²) in [6.45, 7) is 5.81. The van der Waals surface area contributed by atoms with Crippen molar-refractivity contribution in [2.75, 3.05) is 18.0 Å². The molecule has 0 aliphatic carbocycles. The van der Waals surface area contributed by atoms with Gasteiger partial charge >= 0.3 is 0 Å². The molecule has 0 amide bonds. The molecule has 4 heterocycles. The summed E-state index contributed by atoms with van der Waals surface area (Å²) in [6.07, 6.45) is 2.12. The Kier molecular flexibility index (Phi) is 3.42. The quantitative estimate of drug-likeness (QED) is 0.719. The second-order valence-electron chi connectivity index (χ2n) is 5.86. The van der Waals surface area contributed by atoms with Crippen molar-refractivity contribution < 1.29 is 4.74 Å². The number of aromatic nitrogens is 5. The second-order valence-corrected chi connectivity index (χ2v) is 5.86. The fourth-order valence-electron chi connectivity index (χ4n) is 2.97. The van der Waals surface area contributed by atoms with Crippen LogP contribution in [0, 0.1) is 0 Å². The lowest BCUT2D eigenvalue weighted by atomic mass is 10.2. The highest BCUT2D eigenvalue weighted by Gasteiger charge is 2.24. The van der Waals surface area contributed by atoms with Crippen LogP contribution in [0.4, 0.5) is 5.82 Å². The molecule has 1 fully saturated rings. The average Bonchev–Trinajstić information content (AvgIpc) is 2.98. The van der Waals surface area contributed by atoms with Crippen molar-refractivity contribution in [2.45, 2.75) is 26.1 Å². The van der Waals surface area contributed by atoms with Gasteiger partial charge in [0.1, 0.15) is 11.5 Å². The van der Waals surface area contributed by atoms with Crippen LogP contribution in [0.15, 0.2) is 36.5 Å². The summed E-state index contributed by atoms with van der Waals surface area (Å²) >= 11 is 0. The van der Waals surface area contributed by atoms with Gasteiger partial charge in [-0.3, -0.25) is 4.98 Å². The molecule has 7 nitrogen and oxygen atoms in total. The third-order valence-corrected chi connectivity index (χ3v) is 3.89. The van der Waals surface area contributed by atoms with Gasteiger partial charge in [0.05, 0.1) is 12.2 Å². The van der Waals surface area contributed by atoms with Crippen molar-refractivity contribution >= 4 is 11.5 Å². The summed E-state index contributed by atoms with van der Waals surface area (Å²) in [5, 5.41) is 13.1. The summed E-state index contributed by atoms with van der Waals surface area (Å²) in [4.78, 5) is 6.58. The Balaban J connectivity index is 1.75. The van der Waals surface area contributed by atoms with Gasteiger partial charge in [0.15, 0.2) is 5.65 Å². The average molecular weight is 310 g/mol. The van der Waals surface area contributed by atoms with E-state index in [9.17, 15) is 0 Å². The molecule has 4 rings (SSSR count). The zero-order valence-electron chi connectivity index (χ0n) is 13.1. The van der Waals surface area contributed by atoms with Crippen LogP contribution in [-0.2, 0) is 4.74 Å². The van der Waals surface area contributed by atoms with Crippen molar-refractivity contribution in [1.82, 2.24) is 24.8 Å². The molecule has 0 saturated carbocycles. The van der Waals surface area contributed by atoms with E-state index in [4.69, 9.17) is 9.84 Å². The Hall–Kier alpha value is -2.54. The standard InChI is InChI=1S/C16H18N6O/c1-11-9-21(10-12(2)23-11)15-7-6-14-18-19-16(22(14)20-15)13-5-3-4-8-17-13/h3-8,11-12H,9-10H2,1-2H3/t11-,12+. The largest absolute Gasteiger partial charge is 0.372 e. The lowest BCUT2D eigenvalue weighted by Crippen LogP contribution is -2.46. The number of fused-ring (bicyclic) bond motifs is 1. The van der Waals surface area contributed by atoms with Gasteiger partial charge in [-0.1, -0.05) is 6.07 Å². The molecule has 0 radical (unpaired) electrons. The summed E-state index contributed by atoms with van der Waals surface area (Å²) < 4.78 is 7.54. The summed E-state index contributed by atoms with van der Waals surface area (Å²) in [5.41, 5.74) is 1.47. The minimum atomic E-state index is 0.187. The van der Waals surface area contributed by atoms with Crippen molar-refractivity contribution in [3.63, 3.8) is 0 Å². The molecular weight excluding hydrogens is 292 g/mol. The van der Waals surface area contributed by atoms with Crippen LogP contribution in [0.5, 0.6) is 0 Å². The molecule has 118 valence electrons. The van der Waals surface area contributed by atoms with E-state index in [0.717, 1.165) is 24.6 Å². The number of ether oxygens (including phenoxy) is 1. The van der Waals surface area contributed by atoms with Gasteiger partial charge in [0.2, 0.25) is 5.82 Å². The number of pyridine rings is 1. The molecule has 1 aliphatic rings. The summed E-state index contributed by atoms with van der Waals surface area (Å²) in [6, 6.07) is 9.63. The molecule has 0 bridgehead atoms. The molecule has 3 aromatic heterocycles. The maximum Gasteiger partial charge on any atom is 0.203 e. The first-order valence-corrected chi connectivity index (χ1v) is 7.75. The van der Waals surface area contributed by atoms with Gasteiger partial charge in [-0.05, 0) is 38.1 Å². The SMILES string of the molecule is C[C@@H]1CN(c2ccc3nnc(-c4ccccn4)n3n2)C[C@H](C)O1. The molecule has 1 aliphatic heterocycles. The number of morpholine rings is 1. The van der Waals surface area contributed by atoms with Crippen molar-refractivity contribution in [3.8, 4) is 11.5 Å². The van der Waals surface area contributed by atoms with E-state index in [0.29, 0.717) is 11.5 Å². The highest BCUT2D eigenvalue weighted by atomic mass is 16.5. The topological polar surface area (TPSA) is 68.4 Å². The molecule has 7 heteroatoms. The molecule has 1 saturated heterocycles. The van der Waals surface area contributed by atoms with Gasteiger partial charge in [-0.2, -0.15) is 4.52 Å². The predicted molar refractivity (Wildman–Crippen MR) is 86.2 cm³/mol. The van der Waals surface area contributed by atoms with Crippen LogP contribution in [-0.4, -0.2) is 50.1 Å². The normalized spacial score (nSPS) is 21.7. The molecular formula is C16H18N6O. The van der Waals surface area contributed by atoms with Crippen molar-refractivity contribution in [2.24, 2.45) is 0 Å². The van der Waals surface area contributed by atoms with E-state index in [-0.39, 0.29) is 12.2 Å². The summed E-state index contributed by atoms with van der Waals surface area (Å²) in [7, 11) is 0. The highest BCUT2D eigenvalue weighted by Crippen LogP contribution is 2.20. The van der Waals surface area contributed by atoms with Crippen LogP contribution in [0.2, 0.25) is 0 Å². The van der Waals surface area contributed by atoms with Gasteiger partial charge in [-0.15, -0.1) is 15.3 Å². The first-order chi connectivity index (χ1) is 11.2. The molecule has 0 N–H and O–H groups in total. The number of hydrogen-bond acceptors (Lipinski definition) is 6. The maximum absolute atomic E-state index is 5.79. The zero-order valence-corrected chi connectivity index (χ0v) is 13.1. The van der Waals surface area contributed by atoms with E-state index in [1.165, 1.54) is 0 Å². The zero-order chi connectivity index (χ0) is 15.8. The fourth-order valence-corrected chi connectivity index (χ4v) is 2.97. The van der Waals surface area contributed by atoms with E-state index in [1.54, 1.807) is 10.7 Å².